The van der Waals surface area contributed by atoms with Crippen LogP contribution in [0.15, 0.2) is 30.9 Å². The van der Waals surface area contributed by atoms with Crippen molar-refractivity contribution in [1.29, 1.82) is 0 Å². The molecule has 0 aliphatic heterocycles. The molecule has 0 radical (unpaired) electrons. The number of pyridine rings is 1. The number of rotatable bonds is 3. The Hall–Kier alpha value is -1.84. The van der Waals surface area contributed by atoms with Crippen LogP contribution < -0.4 is 5.73 Å². The zero-order valence-electron chi connectivity index (χ0n) is 13.0. The molecule has 2 rings (SSSR count). The van der Waals surface area contributed by atoms with Gasteiger partial charge in [0.05, 0.1) is 18.2 Å². The van der Waals surface area contributed by atoms with Crippen molar-refractivity contribution in [3.05, 3.63) is 30.9 Å². The van der Waals surface area contributed by atoms with Crippen molar-refractivity contribution in [3.8, 4) is 11.3 Å². The van der Waals surface area contributed by atoms with Gasteiger partial charge >= 0.3 is 0 Å². The first-order chi connectivity index (χ1) is 9.21. The normalized spacial score (nSPS) is 12.7. The topological polar surface area (TPSA) is 56.7 Å². The molecule has 0 unspecified atom stereocenters. The molecule has 4 nitrogen and oxygen atoms in total. The fourth-order valence-electron chi connectivity index (χ4n) is 2.99. The minimum absolute atomic E-state index is 0.0354. The molecule has 0 saturated carbocycles. The summed E-state index contributed by atoms with van der Waals surface area (Å²) in [6.45, 7) is 11.2. The van der Waals surface area contributed by atoms with Crippen molar-refractivity contribution < 1.29 is 0 Å². The van der Waals surface area contributed by atoms with Crippen molar-refractivity contribution >= 4 is 5.82 Å². The molecule has 0 amide bonds. The molecule has 0 fully saturated rings. The lowest BCUT2D eigenvalue weighted by Crippen LogP contribution is -2.31. The Morgan fingerprint density at radius 3 is 2.50 bits per heavy atom. The van der Waals surface area contributed by atoms with Crippen LogP contribution in [0, 0.1) is 5.41 Å². The summed E-state index contributed by atoms with van der Waals surface area (Å²) in [5.41, 5.74) is 8.16. The van der Waals surface area contributed by atoms with Gasteiger partial charge in [0.15, 0.2) is 0 Å². The first-order valence-corrected chi connectivity index (χ1v) is 6.94. The molecule has 0 saturated heterocycles. The number of aromatic nitrogens is 3. The molecular formula is C16H24N4. The van der Waals surface area contributed by atoms with Gasteiger partial charge in [-0.05, 0) is 37.8 Å². The molecule has 0 aliphatic rings. The zero-order valence-corrected chi connectivity index (χ0v) is 13.0. The second-order valence-electron chi connectivity index (χ2n) is 7.13. The Balaban J connectivity index is 2.46. The summed E-state index contributed by atoms with van der Waals surface area (Å²) < 4.78 is 2.20. The van der Waals surface area contributed by atoms with E-state index >= 15 is 0 Å². The van der Waals surface area contributed by atoms with Gasteiger partial charge in [0.25, 0.3) is 0 Å². The highest BCUT2D eigenvalue weighted by atomic mass is 15.1. The van der Waals surface area contributed by atoms with Gasteiger partial charge in [-0.15, -0.1) is 0 Å². The molecule has 0 aliphatic carbocycles. The molecular weight excluding hydrogens is 248 g/mol. The van der Waals surface area contributed by atoms with Crippen LogP contribution in [0.3, 0.4) is 0 Å². The Labute approximate surface area is 121 Å². The molecule has 2 heterocycles. The van der Waals surface area contributed by atoms with E-state index in [2.05, 4.69) is 49.2 Å². The summed E-state index contributed by atoms with van der Waals surface area (Å²) >= 11 is 0. The minimum Gasteiger partial charge on any atom is -0.383 e. The van der Waals surface area contributed by atoms with Gasteiger partial charge in [-0.3, -0.25) is 0 Å². The van der Waals surface area contributed by atoms with E-state index in [1.54, 1.807) is 6.20 Å². The Morgan fingerprint density at radius 2 is 1.90 bits per heavy atom. The summed E-state index contributed by atoms with van der Waals surface area (Å²) in [6, 6.07) is 3.89. The number of nitrogens with two attached hydrogens (primary N) is 1. The number of nitrogens with zero attached hydrogens (tertiary/aromatic N) is 3. The Kier molecular flexibility index (Phi) is 3.59. The van der Waals surface area contributed by atoms with Crippen LogP contribution in [-0.2, 0) is 5.54 Å². The second kappa shape index (κ2) is 4.93. The van der Waals surface area contributed by atoms with E-state index in [0.29, 0.717) is 5.82 Å². The molecule has 0 atom stereocenters. The largest absolute Gasteiger partial charge is 0.383 e. The predicted octanol–water partition coefficient (Wildman–Crippen LogP) is 3.70. The number of imidazole rings is 1. The lowest BCUT2D eigenvalue weighted by molar-refractivity contribution is 0.216. The molecule has 0 spiro atoms. The van der Waals surface area contributed by atoms with Gasteiger partial charge in [-0.1, -0.05) is 20.8 Å². The van der Waals surface area contributed by atoms with E-state index in [0.717, 1.165) is 17.7 Å². The quantitative estimate of drug-likeness (QED) is 0.927. The molecule has 2 aromatic rings. The Morgan fingerprint density at radius 1 is 1.20 bits per heavy atom. The van der Waals surface area contributed by atoms with E-state index in [4.69, 9.17) is 5.73 Å². The standard InChI is InChI=1S/C16H24N4/c1-15(2,3)10-16(4,5)20-11-18-9-13(20)12-7-6-8-19-14(12)17/h6-9,11H,10H2,1-5H3,(H2,17,19). The summed E-state index contributed by atoms with van der Waals surface area (Å²) in [5.74, 6) is 0.542. The number of hydrogen-bond acceptors (Lipinski definition) is 3. The van der Waals surface area contributed by atoms with Crippen LogP contribution in [0.25, 0.3) is 11.3 Å². The SMILES string of the molecule is CC(C)(C)CC(C)(C)n1cncc1-c1cccnc1N. The molecule has 108 valence electrons. The maximum Gasteiger partial charge on any atom is 0.132 e. The number of nitrogen functional groups attached to an aromatic ring is 1. The second-order valence-corrected chi connectivity index (χ2v) is 7.13. The van der Waals surface area contributed by atoms with Crippen LogP contribution in [-0.4, -0.2) is 14.5 Å². The average molecular weight is 272 g/mol. The van der Waals surface area contributed by atoms with Crippen LogP contribution in [0.5, 0.6) is 0 Å². The van der Waals surface area contributed by atoms with Gasteiger partial charge in [0, 0.05) is 17.3 Å². The highest BCUT2D eigenvalue weighted by Gasteiger charge is 2.29. The number of anilines is 1. The van der Waals surface area contributed by atoms with Gasteiger partial charge in [0.1, 0.15) is 5.82 Å². The summed E-state index contributed by atoms with van der Waals surface area (Å²) in [6.07, 6.45) is 6.49. The van der Waals surface area contributed by atoms with Crippen molar-refractivity contribution in [2.24, 2.45) is 5.41 Å². The highest BCUT2D eigenvalue weighted by Crippen LogP contribution is 2.36. The number of hydrogen-bond donors (Lipinski definition) is 1. The van der Waals surface area contributed by atoms with Gasteiger partial charge in [-0.25, -0.2) is 9.97 Å². The van der Waals surface area contributed by atoms with Crippen LogP contribution in [0.2, 0.25) is 0 Å². The predicted molar refractivity (Wildman–Crippen MR) is 83.3 cm³/mol. The van der Waals surface area contributed by atoms with E-state index in [1.807, 2.05) is 24.7 Å². The molecule has 20 heavy (non-hydrogen) atoms. The van der Waals surface area contributed by atoms with Crippen molar-refractivity contribution in [3.63, 3.8) is 0 Å². The van der Waals surface area contributed by atoms with Gasteiger partial charge < -0.3 is 10.3 Å². The summed E-state index contributed by atoms with van der Waals surface area (Å²) in [5, 5.41) is 0. The molecule has 2 N–H and O–H groups in total. The lowest BCUT2D eigenvalue weighted by Gasteiger charge is -2.35. The van der Waals surface area contributed by atoms with Gasteiger partial charge in [0.2, 0.25) is 0 Å². The fourth-order valence-corrected chi connectivity index (χ4v) is 2.99. The van der Waals surface area contributed by atoms with Crippen LogP contribution in [0.1, 0.15) is 41.0 Å². The summed E-state index contributed by atoms with van der Waals surface area (Å²) in [7, 11) is 0. The van der Waals surface area contributed by atoms with E-state index < -0.39 is 0 Å². The third-order valence-corrected chi connectivity index (χ3v) is 3.37. The minimum atomic E-state index is -0.0354. The maximum absolute atomic E-state index is 6.00. The first-order valence-electron chi connectivity index (χ1n) is 6.94. The van der Waals surface area contributed by atoms with E-state index in [-0.39, 0.29) is 11.0 Å². The maximum atomic E-state index is 6.00. The monoisotopic (exact) mass is 272 g/mol. The molecule has 0 aromatic carbocycles. The van der Waals surface area contributed by atoms with Crippen molar-refractivity contribution in [2.75, 3.05) is 5.73 Å². The zero-order chi connectivity index (χ0) is 15.0. The van der Waals surface area contributed by atoms with Gasteiger partial charge in [-0.2, -0.15) is 0 Å². The lowest BCUT2D eigenvalue weighted by atomic mass is 9.81. The molecule has 2 aromatic heterocycles. The average Bonchev–Trinajstić information content (AvgIpc) is 2.75. The molecule has 0 bridgehead atoms. The van der Waals surface area contributed by atoms with Crippen LogP contribution in [0.4, 0.5) is 5.82 Å². The first kappa shape index (κ1) is 14.6. The van der Waals surface area contributed by atoms with E-state index in [9.17, 15) is 0 Å². The molecule has 4 heteroatoms. The van der Waals surface area contributed by atoms with Crippen LogP contribution >= 0.6 is 0 Å². The van der Waals surface area contributed by atoms with Crippen molar-refractivity contribution in [1.82, 2.24) is 14.5 Å². The highest BCUT2D eigenvalue weighted by molar-refractivity contribution is 5.70. The van der Waals surface area contributed by atoms with Crippen molar-refractivity contribution in [2.45, 2.75) is 46.6 Å². The van der Waals surface area contributed by atoms with E-state index in [1.165, 1.54) is 0 Å². The Bertz CT molecular complexity index is 591. The third kappa shape index (κ3) is 3.00. The smallest absolute Gasteiger partial charge is 0.132 e. The third-order valence-electron chi connectivity index (χ3n) is 3.37. The fraction of sp³-hybridized carbons (Fsp3) is 0.500. The summed E-state index contributed by atoms with van der Waals surface area (Å²) in [4.78, 5) is 8.49.